The van der Waals surface area contributed by atoms with Crippen molar-refractivity contribution in [1.29, 1.82) is 0 Å². The molecule has 0 heterocycles. The van der Waals surface area contributed by atoms with E-state index in [1.807, 2.05) is 0 Å². The van der Waals surface area contributed by atoms with Crippen molar-refractivity contribution in [2.75, 3.05) is 13.2 Å². The standard InChI is InChI=1S/C10H17NO4/c1-5-8(12)14-7-6-11-9(13)15-10(2,3)4/h5H,1,6-7H2,2-4H3,(H,11,13). The van der Waals surface area contributed by atoms with Crippen molar-refractivity contribution < 1.29 is 19.1 Å². The fourth-order valence-electron chi connectivity index (χ4n) is 0.678. The summed E-state index contributed by atoms with van der Waals surface area (Å²) in [5.41, 5.74) is -0.526. The van der Waals surface area contributed by atoms with Crippen LogP contribution in [0.5, 0.6) is 0 Å². The summed E-state index contributed by atoms with van der Waals surface area (Å²) in [6, 6.07) is 0. The van der Waals surface area contributed by atoms with Crippen LogP contribution >= 0.6 is 0 Å². The van der Waals surface area contributed by atoms with Gasteiger partial charge in [-0.05, 0) is 20.8 Å². The minimum atomic E-state index is -0.530. The SMILES string of the molecule is C=CC(=O)OCCNC(=O)OC(C)(C)C. The molecule has 0 aliphatic heterocycles. The molecule has 1 amide bonds. The third-order valence-electron chi connectivity index (χ3n) is 1.18. The summed E-state index contributed by atoms with van der Waals surface area (Å²) >= 11 is 0. The van der Waals surface area contributed by atoms with E-state index < -0.39 is 17.7 Å². The lowest BCUT2D eigenvalue weighted by Crippen LogP contribution is -2.34. The lowest BCUT2D eigenvalue weighted by Gasteiger charge is -2.19. The van der Waals surface area contributed by atoms with Crippen molar-refractivity contribution >= 4 is 12.1 Å². The summed E-state index contributed by atoms with van der Waals surface area (Å²) < 4.78 is 9.60. The Morgan fingerprint density at radius 2 is 2.00 bits per heavy atom. The van der Waals surface area contributed by atoms with Crippen LogP contribution in [0.3, 0.4) is 0 Å². The van der Waals surface area contributed by atoms with Crippen molar-refractivity contribution in [2.24, 2.45) is 0 Å². The molecule has 0 bridgehead atoms. The molecule has 15 heavy (non-hydrogen) atoms. The lowest BCUT2D eigenvalue weighted by atomic mass is 10.2. The molecule has 5 heteroatoms. The smallest absolute Gasteiger partial charge is 0.407 e. The molecule has 5 nitrogen and oxygen atoms in total. The molecular formula is C10H17NO4. The normalized spacial score (nSPS) is 10.3. The minimum Gasteiger partial charge on any atom is -0.461 e. The first kappa shape index (κ1) is 13.5. The predicted octanol–water partition coefficient (Wildman–Crippen LogP) is 1.24. The van der Waals surface area contributed by atoms with E-state index in [-0.39, 0.29) is 13.2 Å². The van der Waals surface area contributed by atoms with Gasteiger partial charge in [0.25, 0.3) is 0 Å². The highest BCUT2D eigenvalue weighted by atomic mass is 16.6. The topological polar surface area (TPSA) is 64.6 Å². The van der Waals surface area contributed by atoms with Gasteiger partial charge in [-0.25, -0.2) is 9.59 Å². The molecule has 0 aromatic carbocycles. The number of amides is 1. The fraction of sp³-hybridized carbons (Fsp3) is 0.600. The molecule has 0 unspecified atom stereocenters. The summed E-state index contributed by atoms with van der Waals surface area (Å²) in [5.74, 6) is -0.513. The van der Waals surface area contributed by atoms with Crippen LogP contribution in [0.2, 0.25) is 0 Å². The summed E-state index contributed by atoms with van der Waals surface area (Å²) in [5, 5.41) is 2.45. The monoisotopic (exact) mass is 215 g/mol. The molecule has 0 radical (unpaired) electrons. The van der Waals surface area contributed by atoms with E-state index in [9.17, 15) is 9.59 Å². The molecule has 0 fully saturated rings. The van der Waals surface area contributed by atoms with Gasteiger partial charge in [0.1, 0.15) is 12.2 Å². The molecule has 0 aromatic rings. The minimum absolute atomic E-state index is 0.101. The van der Waals surface area contributed by atoms with Gasteiger partial charge >= 0.3 is 12.1 Å². The highest BCUT2D eigenvalue weighted by Gasteiger charge is 2.15. The van der Waals surface area contributed by atoms with Gasteiger partial charge < -0.3 is 14.8 Å². The zero-order chi connectivity index (χ0) is 11.9. The Labute approximate surface area is 89.4 Å². The second kappa shape index (κ2) is 6.06. The summed E-state index contributed by atoms with van der Waals surface area (Å²) in [6.07, 6.45) is 0.533. The molecule has 0 aromatic heterocycles. The molecule has 0 rings (SSSR count). The first-order chi connectivity index (χ1) is 6.85. The Bertz CT molecular complexity index is 242. The first-order valence-electron chi connectivity index (χ1n) is 4.61. The van der Waals surface area contributed by atoms with Crippen LogP contribution in [0.25, 0.3) is 0 Å². The third-order valence-corrected chi connectivity index (χ3v) is 1.18. The van der Waals surface area contributed by atoms with E-state index in [4.69, 9.17) is 4.74 Å². The van der Waals surface area contributed by atoms with E-state index >= 15 is 0 Å². The van der Waals surface area contributed by atoms with E-state index in [1.165, 1.54) is 0 Å². The Kier molecular flexibility index (Phi) is 5.44. The van der Waals surface area contributed by atoms with Crippen LogP contribution in [0.4, 0.5) is 4.79 Å². The predicted molar refractivity (Wildman–Crippen MR) is 55.4 cm³/mol. The van der Waals surface area contributed by atoms with Crippen molar-refractivity contribution in [3.8, 4) is 0 Å². The molecule has 0 spiro atoms. The summed E-state index contributed by atoms with van der Waals surface area (Å²) in [7, 11) is 0. The maximum atomic E-state index is 11.1. The van der Waals surface area contributed by atoms with Crippen molar-refractivity contribution in [3.05, 3.63) is 12.7 Å². The first-order valence-corrected chi connectivity index (χ1v) is 4.61. The highest BCUT2D eigenvalue weighted by molar-refractivity contribution is 5.81. The number of rotatable bonds is 4. The second-order valence-corrected chi connectivity index (χ2v) is 3.80. The lowest BCUT2D eigenvalue weighted by molar-refractivity contribution is -0.137. The van der Waals surface area contributed by atoms with Crippen LogP contribution in [-0.4, -0.2) is 30.8 Å². The van der Waals surface area contributed by atoms with Gasteiger partial charge in [-0.15, -0.1) is 0 Å². The Morgan fingerprint density at radius 1 is 1.40 bits per heavy atom. The largest absolute Gasteiger partial charge is 0.461 e. The van der Waals surface area contributed by atoms with Crippen LogP contribution < -0.4 is 5.32 Å². The zero-order valence-electron chi connectivity index (χ0n) is 9.33. The van der Waals surface area contributed by atoms with Crippen LogP contribution in [0.15, 0.2) is 12.7 Å². The average molecular weight is 215 g/mol. The van der Waals surface area contributed by atoms with E-state index in [0.29, 0.717) is 0 Å². The van der Waals surface area contributed by atoms with Gasteiger partial charge in [-0.1, -0.05) is 6.58 Å². The quantitative estimate of drug-likeness (QED) is 0.435. The molecule has 0 aliphatic carbocycles. The van der Waals surface area contributed by atoms with Crippen molar-refractivity contribution in [3.63, 3.8) is 0 Å². The van der Waals surface area contributed by atoms with Gasteiger partial charge in [-0.3, -0.25) is 0 Å². The van der Waals surface area contributed by atoms with Crippen LogP contribution in [-0.2, 0) is 14.3 Å². The number of alkyl carbamates (subject to hydrolysis) is 1. The van der Waals surface area contributed by atoms with Crippen LogP contribution in [0.1, 0.15) is 20.8 Å². The molecular weight excluding hydrogens is 198 g/mol. The van der Waals surface area contributed by atoms with Gasteiger partial charge in [0.05, 0.1) is 6.54 Å². The number of carbonyl (C=O) groups excluding carboxylic acids is 2. The highest BCUT2D eigenvalue weighted by Crippen LogP contribution is 2.05. The zero-order valence-corrected chi connectivity index (χ0v) is 9.33. The maximum absolute atomic E-state index is 11.1. The molecule has 0 saturated carbocycles. The number of hydrogen-bond acceptors (Lipinski definition) is 4. The summed E-state index contributed by atoms with van der Waals surface area (Å²) in [6.45, 7) is 8.86. The average Bonchev–Trinajstić information content (AvgIpc) is 2.09. The molecule has 1 N–H and O–H groups in total. The number of ether oxygens (including phenoxy) is 2. The molecule has 0 atom stereocenters. The number of carbonyl (C=O) groups is 2. The van der Waals surface area contributed by atoms with E-state index in [2.05, 4.69) is 16.6 Å². The third kappa shape index (κ3) is 8.80. The number of esters is 1. The Hall–Kier alpha value is -1.52. The van der Waals surface area contributed by atoms with E-state index in [0.717, 1.165) is 6.08 Å². The van der Waals surface area contributed by atoms with Crippen molar-refractivity contribution in [1.82, 2.24) is 5.32 Å². The van der Waals surface area contributed by atoms with E-state index in [1.54, 1.807) is 20.8 Å². The Morgan fingerprint density at radius 3 is 2.47 bits per heavy atom. The van der Waals surface area contributed by atoms with Crippen LogP contribution in [0, 0.1) is 0 Å². The van der Waals surface area contributed by atoms with Gasteiger partial charge in [0.15, 0.2) is 0 Å². The molecule has 0 aliphatic rings. The van der Waals surface area contributed by atoms with Gasteiger partial charge in [-0.2, -0.15) is 0 Å². The van der Waals surface area contributed by atoms with Crippen molar-refractivity contribution in [2.45, 2.75) is 26.4 Å². The maximum Gasteiger partial charge on any atom is 0.407 e. The van der Waals surface area contributed by atoms with Gasteiger partial charge in [0.2, 0.25) is 0 Å². The second-order valence-electron chi connectivity index (χ2n) is 3.80. The molecule has 86 valence electrons. The Balaban J connectivity index is 3.56. The fourth-order valence-corrected chi connectivity index (χ4v) is 0.678. The van der Waals surface area contributed by atoms with Gasteiger partial charge in [0, 0.05) is 6.08 Å². The molecule has 0 saturated heterocycles. The number of hydrogen-bond donors (Lipinski definition) is 1. The number of nitrogens with one attached hydrogen (secondary N) is 1. The summed E-state index contributed by atoms with van der Waals surface area (Å²) in [4.78, 5) is 21.7.